The lowest BCUT2D eigenvalue weighted by Crippen LogP contribution is -2.22. The number of ether oxygens (including phenoxy) is 1. The number of rotatable bonds is 5. The van der Waals surface area contributed by atoms with Gasteiger partial charge < -0.3 is 4.74 Å². The molecule has 1 aromatic heterocycles. The number of hydrogen-bond donors (Lipinski definition) is 0. The van der Waals surface area contributed by atoms with Gasteiger partial charge >= 0.3 is 0 Å². The maximum atomic E-state index is 11.9. The Morgan fingerprint density at radius 1 is 1.04 bits per heavy atom. The molecule has 0 aliphatic heterocycles. The first kappa shape index (κ1) is 16.3. The molecule has 3 aromatic rings. The van der Waals surface area contributed by atoms with Crippen LogP contribution in [0.1, 0.15) is 12.5 Å². The fraction of sp³-hybridized carbons (Fsp3) is 0.158. The molecule has 24 heavy (non-hydrogen) atoms. The lowest BCUT2D eigenvalue weighted by atomic mass is 10.0. The number of aromatic nitrogens is 2. The van der Waals surface area contributed by atoms with E-state index in [0.717, 1.165) is 11.1 Å². The molecule has 4 nitrogen and oxygen atoms in total. The van der Waals surface area contributed by atoms with Crippen LogP contribution >= 0.6 is 11.6 Å². The largest absolute Gasteiger partial charge is 0.485 e. The number of benzene rings is 2. The number of hydrogen-bond acceptors (Lipinski definition) is 3. The lowest BCUT2D eigenvalue weighted by Gasteiger charge is -2.09. The molecule has 0 saturated heterocycles. The quantitative estimate of drug-likeness (QED) is 0.700. The smallest absolute Gasteiger partial charge is 0.289 e. The molecule has 0 radical (unpaired) electrons. The van der Waals surface area contributed by atoms with Gasteiger partial charge in [0.1, 0.15) is 6.61 Å². The van der Waals surface area contributed by atoms with Crippen molar-refractivity contribution in [3.8, 4) is 16.9 Å². The van der Waals surface area contributed by atoms with Gasteiger partial charge in [-0.3, -0.25) is 4.79 Å². The first-order valence-electron chi connectivity index (χ1n) is 7.72. The molecule has 0 unspecified atom stereocenters. The summed E-state index contributed by atoms with van der Waals surface area (Å²) in [6.45, 7) is 2.63. The summed E-state index contributed by atoms with van der Waals surface area (Å²) in [5.74, 6) is 0.304. The highest BCUT2D eigenvalue weighted by Gasteiger charge is 2.09. The summed E-state index contributed by atoms with van der Waals surface area (Å²) in [6, 6.07) is 18.2. The van der Waals surface area contributed by atoms with Crippen molar-refractivity contribution in [3.63, 3.8) is 0 Å². The summed E-state index contributed by atoms with van der Waals surface area (Å²) in [7, 11) is 0. The van der Waals surface area contributed by atoms with Crippen molar-refractivity contribution >= 4 is 11.6 Å². The first-order chi connectivity index (χ1) is 11.7. The number of halogens is 1. The van der Waals surface area contributed by atoms with Crippen LogP contribution in [0.25, 0.3) is 11.1 Å². The molecule has 5 heteroatoms. The second-order valence-corrected chi connectivity index (χ2v) is 5.67. The minimum atomic E-state index is -0.337. The predicted octanol–water partition coefficient (Wildman–Crippen LogP) is 4.16. The van der Waals surface area contributed by atoms with Gasteiger partial charge in [-0.2, -0.15) is 5.10 Å². The van der Waals surface area contributed by atoms with Gasteiger partial charge in [0.25, 0.3) is 5.56 Å². The van der Waals surface area contributed by atoms with Crippen molar-refractivity contribution in [2.45, 2.75) is 20.1 Å². The van der Waals surface area contributed by atoms with Crippen LogP contribution in [-0.4, -0.2) is 9.78 Å². The van der Waals surface area contributed by atoms with E-state index in [4.69, 9.17) is 16.3 Å². The molecule has 3 rings (SSSR count). The average molecular weight is 341 g/mol. The number of aryl methyl sites for hydroxylation is 1. The SMILES string of the molecule is CCn1ncc(OCc2ccc(-c3ccccc3)cc2)c(Cl)c1=O. The molecule has 0 fully saturated rings. The van der Waals surface area contributed by atoms with Gasteiger partial charge in [-0.05, 0) is 23.6 Å². The summed E-state index contributed by atoms with van der Waals surface area (Å²) < 4.78 is 6.94. The second-order valence-electron chi connectivity index (χ2n) is 5.30. The molecule has 0 amide bonds. The van der Waals surface area contributed by atoms with E-state index in [1.165, 1.54) is 16.4 Å². The van der Waals surface area contributed by atoms with E-state index in [1.54, 1.807) is 0 Å². The minimum absolute atomic E-state index is 0.0627. The zero-order valence-corrected chi connectivity index (χ0v) is 14.0. The Bertz CT molecular complexity index is 874. The van der Waals surface area contributed by atoms with Gasteiger partial charge in [0.15, 0.2) is 10.8 Å². The second kappa shape index (κ2) is 7.32. The summed E-state index contributed by atoms with van der Waals surface area (Å²) in [6.07, 6.45) is 1.48. The Morgan fingerprint density at radius 2 is 1.71 bits per heavy atom. The Labute approximate surface area is 145 Å². The van der Waals surface area contributed by atoms with Gasteiger partial charge in [-0.25, -0.2) is 4.68 Å². The number of nitrogens with zero attached hydrogens (tertiary/aromatic N) is 2. The normalized spacial score (nSPS) is 10.6. The van der Waals surface area contributed by atoms with Crippen molar-refractivity contribution in [3.05, 3.63) is 81.7 Å². The third-order valence-corrected chi connectivity index (χ3v) is 4.06. The maximum Gasteiger partial charge on any atom is 0.289 e. The highest BCUT2D eigenvalue weighted by atomic mass is 35.5. The zero-order chi connectivity index (χ0) is 16.9. The zero-order valence-electron chi connectivity index (χ0n) is 13.3. The summed E-state index contributed by atoms with van der Waals surface area (Å²) in [5, 5.41) is 4.08. The topological polar surface area (TPSA) is 44.1 Å². The van der Waals surface area contributed by atoms with Crippen LogP contribution in [0.5, 0.6) is 5.75 Å². The highest BCUT2D eigenvalue weighted by molar-refractivity contribution is 6.31. The summed E-state index contributed by atoms with van der Waals surface area (Å²) in [5.41, 5.74) is 2.96. The van der Waals surface area contributed by atoms with E-state index in [9.17, 15) is 4.79 Å². The molecule has 0 bridgehead atoms. The van der Waals surface area contributed by atoms with E-state index in [0.29, 0.717) is 18.9 Å². The summed E-state index contributed by atoms with van der Waals surface area (Å²) in [4.78, 5) is 11.9. The van der Waals surface area contributed by atoms with E-state index in [2.05, 4.69) is 17.2 Å². The van der Waals surface area contributed by atoms with E-state index < -0.39 is 0 Å². The van der Waals surface area contributed by atoms with Crippen LogP contribution < -0.4 is 10.3 Å². The van der Waals surface area contributed by atoms with Crippen LogP contribution in [-0.2, 0) is 13.2 Å². The van der Waals surface area contributed by atoms with Crippen LogP contribution in [0.15, 0.2) is 65.6 Å². The molecule has 0 spiro atoms. The lowest BCUT2D eigenvalue weighted by molar-refractivity contribution is 0.302. The Balaban J connectivity index is 1.72. The molecule has 0 saturated carbocycles. The van der Waals surface area contributed by atoms with Crippen LogP contribution in [0.4, 0.5) is 0 Å². The molecule has 0 aliphatic carbocycles. The van der Waals surface area contributed by atoms with E-state index in [1.807, 2.05) is 49.4 Å². The van der Waals surface area contributed by atoms with Crippen molar-refractivity contribution in [2.24, 2.45) is 0 Å². The van der Waals surface area contributed by atoms with Crippen LogP contribution in [0.3, 0.4) is 0 Å². The van der Waals surface area contributed by atoms with Crippen molar-refractivity contribution in [1.82, 2.24) is 9.78 Å². The molecule has 0 aliphatic rings. The highest BCUT2D eigenvalue weighted by Crippen LogP contribution is 2.22. The van der Waals surface area contributed by atoms with Crippen LogP contribution in [0.2, 0.25) is 5.02 Å². The van der Waals surface area contributed by atoms with Gasteiger partial charge in [0, 0.05) is 6.54 Å². The summed E-state index contributed by atoms with van der Waals surface area (Å²) >= 11 is 6.05. The fourth-order valence-electron chi connectivity index (χ4n) is 2.36. The molecular formula is C19H17ClN2O2. The third-order valence-electron chi connectivity index (χ3n) is 3.71. The maximum absolute atomic E-state index is 11.9. The van der Waals surface area contributed by atoms with Crippen molar-refractivity contribution in [1.29, 1.82) is 0 Å². The van der Waals surface area contributed by atoms with Crippen molar-refractivity contribution in [2.75, 3.05) is 0 Å². The molecule has 2 aromatic carbocycles. The van der Waals surface area contributed by atoms with E-state index >= 15 is 0 Å². The minimum Gasteiger partial charge on any atom is -0.485 e. The Hall–Kier alpha value is -2.59. The standard InChI is InChI=1S/C19H17ClN2O2/c1-2-22-19(23)18(20)17(12-21-22)24-13-14-8-10-16(11-9-14)15-6-4-3-5-7-15/h3-12H,2,13H2,1H3. The van der Waals surface area contributed by atoms with Crippen LogP contribution in [0, 0.1) is 0 Å². The molecule has 122 valence electrons. The molecule has 1 heterocycles. The molecule has 0 N–H and O–H groups in total. The molecule has 0 atom stereocenters. The average Bonchev–Trinajstić information content (AvgIpc) is 2.64. The van der Waals surface area contributed by atoms with Crippen molar-refractivity contribution < 1.29 is 4.74 Å². The van der Waals surface area contributed by atoms with Gasteiger partial charge in [-0.1, -0.05) is 66.2 Å². The first-order valence-corrected chi connectivity index (χ1v) is 8.09. The molecular weight excluding hydrogens is 324 g/mol. The monoisotopic (exact) mass is 340 g/mol. The van der Waals surface area contributed by atoms with Gasteiger partial charge in [0.05, 0.1) is 6.20 Å². The Morgan fingerprint density at radius 3 is 2.38 bits per heavy atom. The Kier molecular flexibility index (Phi) is 4.96. The van der Waals surface area contributed by atoms with E-state index in [-0.39, 0.29) is 10.6 Å². The van der Waals surface area contributed by atoms with Gasteiger partial charge in [0.2, 0.25) is 0 Å². The fourth-order valence-corrected chi connectivity index (χ4v) is 2.56. The predicted molar refractivity (Wildman–Crippen MR) is 95.4 cm³/mol. The third kappa shape index (κ3) is 3.49. The van der Waals surface area contributed by atoms with Gasteiger partial charge in [-0.15, -0.1) is 0 Å².